The molecule has 34 heavy (non-hydrogen) atoms. The number of benzene rings is 2. The normalized spacial score (nSPS) is 21.9. The molecule has 0 radical (unpaired) electrons. The lowest BCUT2D eigenvalue weighted by molar-refractivity contribution is -0.140. The highest BCUT2D eigenvalue weighted by Gasteiger charge is 2.47. The molecule has 0 aromatic heterocycles. The topological polar surface area (TPSA) is 70.1 Å². The van der Waals surface area contributed by atoms with Crippen molar-refractivity contribution in [2.45, 2.75) is 45.8 Å². The van der Waals surface area contributed by atoms with Crippen molar-refractivity contribution in [2.24, 2.45) is 0 Å². The Morgan fingerprint density at radius 2 is 1.85 bits per heavy atom. The lowest BCUT2D eigenvalue weighted by Crippen LogP contribution is -2.36. The molecule has 4 rings (SSSR count). The zero-order valence-corrected chi connectivity index (χ0v) is 19.9. The van der Waals surface area contributed by atoms with Gasteiger partial charge in [0.25, 0.3) is 11.7 Å². The highest BCUT2D eigenvalue weighted by molar-refractivity contribution is 6.46. The lowest BCUT2D eigenvalue weighted by atomic mass is 9.94. The zero-order chi connectivity index (χ0) is 24.4. The molecule has 2 unspecified atom stereocenters. The van der Waals surface area contributed by atoms with Gasteiger partial charge in [0.15, 0.2) is 0 Å². The van der Waals surface area contributed by atoms with Gasteiger partial charge in [0, 0.05) is 37.5 Å². The lowest BCUT2D eigenvalue weighted by Gasteiger charge is -2.28. The standard InChI is InChI=1S/C27H31FN2O4/c1-4-29(5-2)20-11-8-18(9-12-20)24-23(25(31)19-10-13-22(28)17(3)15-19)26(32)27(33)30(24)16-21-7-6-14-34-21/h8-13,15,21,24,31H,4-7,14,16H2,1-3H3/b25-23-. The number of hydrogen-bond acceptors (Lipinski definition) is 5. The second-order valence-electron chi connectivity index (χ2n) is 8.81. The first-order valence-corrected chi connectivity index (χ1v) is 11.9. The number of hydrogen-bond donors (Lipinski definition) is 1. The summed E-state index contributed by atoms with van der Waals surface area (Å²) in [5, 5.41) is 11.2. The molecule has 2 saturated heterocycles. The smallest absolute Gasteiger partial charge is 0.295 e. The maximum Gasteiger partial charge on any atom is 0.295 e. The van der Waals surface area contributed by atoms with Gasteiger partial charge in [-0.25, -0.2) is 4.39 Å². The zero-order valence-electron chi connectivity index (χ0n) is 19.9. The number of rotatable bonds is 7. The van der Waals surface area contributed by atoms with Crippen molar-refractivity contribution >= 4 is 23.1 Å². The Kier molecular flexibility index (Phi) is 7.03. The van der Waals surface area contributed by atoms with Gasteiger partial charge in [-0.3, -0.25) is 9.59 Å². The highest BCUT2D eigenvalue weighted by atomic mass is 19.1. The third-order valence-corrected chi connectivity index (χ3v) is 6.73. The maximum absolute atomic E-state index is 13.8. The van der Waals surface area contributed by atoms with Crippen molar-refractivity contribution in [3.8, 4) is 0 Å². The first-order valence-electron chi connectivity index (χ1n) is 11.9. The molecule has 2 aromatic carbocycles. The predicted octanol–water partition coefficient (Wildman–Crippen LogP) is 4.58. The minimum Gasteiger partial charge on any atom is -0.507 e. The number of aliphatic hydroxyl groups is 1. The molecule has 2 atom stereocenters. The Morgan fingerprint density at radius 1 is 1.15 bits per heavy atom. The van der Waals surface area contributed by atoms with Crippen LogP contribution < -0.4 is 4.90 Å². The van der Waals surface area contributed by atoms with Crippen LogP contribution in [0.4, 0.5) is 10.1 Å². The minimum atomic E-state index is -0.750. The van der Waals surface area contributed by atoms with Crippen molar-refractivity contribution in [3.63, 3.8) is 0 Å². The molecule has 1 amide bonds. The van der Waals surface area contributed by atoms with Crippen molar-refractivity contribution < 1.29 is 23.8 Å². The van der Waals surface area contributed by atoms with E-state index in [0.717, 1.165) is 37.2 Å². The number of aliphatic hydroxyl groups excluding tert-OH is 1. The average Bonchev–Trinajstić information content (AvgIpc) is 3.44. The third kappa shape index (κ3) is 4.44. The summed E-state index contributed by atoms with van der Waals surface area (Å²) in [5.74, 6) is -2.10. The Morgan fingerprint density at radius 3 is 2.44 bits per heavy atom. The number of anilines is 1. The largest absolute Gasteiger partial charge is 0.507 e. The van der Waals surface area contributed by atoms with E-state index in [9.17, 15) is 19.1 Å². The number of Topliss-reactive ketones (excluding diaryl/α,β-unsaturated/α-hetero) is 1. The van der Waals surface area contributed by atoms with E-state index in [1.165, 1.54) is 23.1 Å². The first kappa shape index (κ1) is 24.0. The summed E-state index contributed by atoms with van der Waals surface area (Å²) in [4.78, 5) is 30.0. The maximum atomic E-state index is 13.8. The van der Waals surface area contributed by atoms with E-state index in [2.05, 4.69) is 18.7 Å². The number of carbonyl (C=O) groups excluding carboxylic acids is 2. The van der Waals surface area contributed by atoms with Crippen molar-refractivity contribution in [2.75, 3.05) is 31.1 Å². The van der Waals surface area contributed by atoms with Gasteiger partial charge in [0.05, 0.1) is 17.7 Å². The Bertz CT molecular complexity index is 1100. The molecule has 7 heteroatoms. The molecule has 2 heterocycles. The summed E-state index contributed by atoms with van der Waals surface area (Å²) in [6.45, 7) is 8.37. The van der Waals surface area contributed by atoms with Crippen LogP contribution in [0, 0.1) is 12.7 Å². The van der Waals surface area contributed by atoms with Crippen LogP contribution in [-0.4, -0.2) is 54.0 Å². The molecule has 2 aliphatic rings. The van der Waals surface area contributed by atoms with E-state index >= 15 is 0 Å². The summed E-state index contributed by atoms with van der Waals surface area (Å²) in [7, 11) is 0. The SMILES string of the molecule is CCN(CC)c1ccc(C2/C(=C(/O)c3ccc(F)c(C)c3)C(=O)C(=O)N2CC2CCCO2)cc1. The fourth-order valence-electron chi connectivity index (χ4n) is 4.83. The van der Waals surface area contributed by atoms with Gasteiger partial charge in [0.1, 0.15) is 11.6 Å². The number of halogens is 1. The highest BCUT2D eigenvalue weighted by Crippen LogP contribution is 2.40. The number of ketones is 1. The number of amides is 1. The van der Waals surface area contributed by atoms with Gasteiger partial charge in [-0.05, 0) is 75.1 Å². The van der Waals surface area contributed by atoms with Crippen LogP contribution in [0.3, 0.4) is 0 Å². The van der Waals surface area contributed by atoms with Crippen LogP contribution in [-0.2, 0) is 14.3 Å². The second kappa shape index (κ2) is 9.97. The molecule has 2 aromatic rings. The fourth-order valence-corrected chi connectivity index (χ4v) is 4.83. The van der Waals surface area contributed by atoms with Crippen LogP contribution in [0.1, 0.15) is 49.4 Å². The van der Waals surface area contributed by atoms with Gasteiger partial charge in [-0.1, -0.05) is 12.1 Å². The summed E-state index contributed by atoms with van der Waals surface area (Å²) in [6.07, 6.45) is 1.57. The van der Waals surface area contributed by atoms with Gasteiger partial charge in [-0.15, -0.1) is 0 Å². The van der Waals surface area contributed by atoms with Crippen LogP contribution >= 0.6 is 0 Å². The molecular weight excluding hydrogens is 435 g/mol. The van der Waals surface area contributed by atoms with Crippen molar-refractivity contribution in [1.82, 2.24) is 4.90 Å². The van der Waals surface area contributed by atoms with E-state index in [0.29, 0.717) is 17.7 Å². The third-order valence-electron chi connectivity index (χ3n) is 6.73. The summed E-state index contributed by atoms with van der Waals surface area (Å²) < 4.78 is 19.6. The monoisotopic (exact) mass is 466 g/mol. The van der Waals surface area contributed by atoms with Crippen LogP contribution in [0.2, 0.25) is 0 Å². The Hall–Kier alpha value is -3.19. The quantitative estimate of drug-likeness (QED) is 0.367. The van der Waals surface area contributed by atoms with E-state index in [1.807, 2.05) is 24.3 Å². The molecule has 1 N–H and O–H groups in total. The molecule has 6 nitrogen and oxygen atoms in total. The van der Waals surface area contributed by atoms with Crippen molar-refractivity contribution in [3.05, 3.63) is 70.5 Å². The van der Waals surface area contributed by atoms with Gasteiger partial charge in [-0.2, -0.15) is 0 Å². The first-order chi connectivity index (χ1) is 16.3. The Labute approximate surface area is 199 Å². The van der Waals surface area contributed by atoms with E-state index < -0.39 is 23.5 Å². The number of nitrogens with zero attached hydrogens (tertiary/aromatic N) is 2. The number of aryl methyl sites for hydroxylation is 1. The van der Waals surface area contributed by atoms with Gasteiger partial charge in [0.2, 0.25) is 0 Å². The Balaban J connectivity index is 1.80. The molecule has 180 valence electrons. The van der Waals surface area contributed by atoms with Crippen LogP contribution in [0.5, 0.6) is 0 Å². The number of likely N-dealkylation sites (tertiary alicyclic amines) is 1. The van der Waals surface area contributed by atoms with Crippen LogP contribution in [0.15, 0.2) is 48.0 Å². The molecule has 0 aliphatic carbocycles. The van der Waals surface area contributed by atoms with Gasteiger partial charge < -0.3 is 19.6 Å². The van der Waals surface area contributed by atoms with Crippen LogP contribution in [0.25, 0.3) is 5.76 Å². The molecule has 2 fully saturated rings. The minimum absolute atomic E-state index is 0.0181. The molecule has 0 saturated carbocycles. The molecule has 0 bridgehead atoms. The number of carbonyl (C=O) groups is 2. The molecule has 2 aliphatic heterocycles. The van der Waals surface area contributed by atoms with E-state index in [-0.39, 0.29) is 24.0 Å². The van der Waals surface area contributed by atoms with E-state index in [4.69, 9.17) is 4.74 Å². The summed E-state index contributed by atoms with van der Waals surface area (Å²) in [5.41, 5.74) is 2.44. The van der Waals surface area contributed by atoms with E-state index in [1.54, 1.807) is 6.92 Å². The summed E-state index contributed by atoms with van der Waals surface area (Å²) in [6, 6.07) is 11.1. The van der Waals surface area contributed by atoms with Gasteiger partial charge >= 0.3 is 0 Å². The van der Waals surface area contributed by atoms with Crippen molar-refractivity contribution in [1.29, 1.82) is 0 Å². The number of ether oxygens (including phenoxy) is 1. The molecular formula is C27H31FN2O4. The summed E-state index contributed by atoms with van der Waals surface area (Å²) >= 11 is 0. The predicted molar refractivity (Wildman–Crippen MR) is 129 cm³/mol. The fraction of sp³-hybridized carbons (Fsp3) is 0.407. The second-order valence-corrected chi connectivity index (χ2v) is 8.81. The molecule has 0 spiro atoms. The average molecular weight is 467 g/mol.